The largest absolute Gasteiger partial charge is 0.309 e. The van der Waals surface area contributed by atoms with Crippen LogP contribution in [0, 0.1) is 0 Å². The molecule has 0 radical (unpaired) electrons. The van der Waals surface area contributed by atoms with Crippen LogP contribution in [0.15, 0.2) is 24.3 Å². The standard InChI is InChI=1S/C13H20ClNO2S/c1-10(2)18(16,17)8-7-15-11(3)12-5-4-6-13(14)9-12/h4-6,9-11,15H,7-8H2,1-3H3/t11-/m0/s1. The average molecular weight is 290 g/mol. The maximum atomic E-state index is 11.6. The molecule has 1 atom stereocenters. The summed E-state index contributed by atoms with van der Waals surface area (Å²) < 4.78 is 23.3. The van der Waals surface area contributed by atoms with Crippen molar-refractivity contribution in [2.75, 3.05) is 12.3 Å². The van der Waals surface area contributed by atoms with E-state index in [4.69, 9.17) is 11.6 Å². The van der Waals surface area contributed by atoms with E-state index in [2.05, 4.69) is 5.32 Å². The van der Waals surface area contributed by atoms with Gasteiger partial charge in [-0.1, -0.05) is 23.7 Å². The van der Waals surface area contributed by atoms with Crippen LogP contribution >= 0.6 is 11.6 Å². The fourth-order valence-corrected chi connectivity index (χ4v) is 2.62. The highest BCUT2D eigenvalue weighted by Gasteiger charge is 2.16. The highest BCUT2D eigenvalue weighted by atomic mass is 35.5. The third kappa shape index (κ3) is 4.59. The summed E-state index contributed by atoms with van der Waals surface area (Å²) in [7, 11) is -2.97. The molecule has 18 heavy (non-hydrogen) atoms. The third-order valence-electron chi connectivity index (χ3n) is 2.90. The smallest absolute Gasteiger partial charge is 0.153 e. The van der Waals surface area contributed by atoms with Crippen LogP contribution in [0.2, 0.25) is 5.02 Å². The summed E-state index contributed by atoms with van der Waals surface area (Å²) in [5, 5.41) is 3.57. The van der Waals surface area contributed by atoms with Gasteiger partial charge in [-0.3, -0.25) is 0 Å². The number of hydrogen-bond donors (Lipinski definition) is 1. The summed E-state index contributed by atoms with van der Waals surface area (Å²) in [5.41, 5.74) is 1.06. The highest BCUT2D eigenvalue weighted by molar-refractivity contribution is 7.92. The molecule has 0 spiro atoms. The molecule has 0 fully saturated rings. The van der Waals surface area contributed by atoms with Crippen LogP contribution in [0.5, 0.6) is 0 Å². The Balaban J connectivity index is 2.50. The molecule has 0 saturated carbocycles. The van der Waals surface area contributed by atoms with Crippen molar-refractivity contribution < 1.29 is 8.42 Å². The molecule has 1 N–H and O–H groups in total. The maximum Gasteiger partial charge on any atom is 0.153 e. The van der Waals surface area contributed by atoms with Crippen molar-refractivity contribution in [3.63, 3.8) is 0 Å². The second-order valence-corrected chi connectivity index (χ2v) is 7.76. The van der Waals surface area contributed by atoms with Crippen LogP contribution < -0.4 is 5.32 Å². The van der Waals surface area contributed by atoms with Crippen molar-refractivity contribution in [3.8, 4) is 0 Å². The van der Waals surface area contributed by atoms with Crippen LogP contribution in [-0.2, 0) is 9.84 Å². The van der Waals surface area contributed by atoms with E-state index in [1.807, 2.05) is 31.2 Å². The molecule has 0 saturated heterocycles. The Morgan fingerprint density at radius 1 is 1.28 bits per heavy atom. The Bertz CT molecular complexity index is 486. The van der Waals surface area contributed by atoms with Crippen LogP contribution in [0.1, 0.15) is 32.4 Å². The molecule has 1 aromatic carbocycles. The van der Waals surface area contributed by atoms with E-state index < -0.39 is 9.84 Å². The van der Waals surface area contributed by atoms with Crippen molar-refractivity contribution in [2.45, 2.75) is 32.1 Å². The first-order valence-corrected chi connectivity index (χ1v) is 8.12. The Morgan fingerprint density at radius 2 is 1.94 bits per heavy atom. The summed E-state index contributed by atoms with van der Waals surface area (Å²) >= 11 is 5.91. The quantitative estimate of drug-likeness (QED) is 0.876. The van der Waals surface area contributed by atoms with Gasteiger partial charge in [-0.15, -0.1) is 0 Å². The van der Waals surface area contributed by atoms with E-state index in [-0.39, 0.29) is 17.0 Å². The van der Waals surface area contributed by atoms with E-state index in [0.717, 1.165) is 5.56 Å². The number of nitrogens with one attached hydrogen (secondary N) is 1. The Kier molecular flexibility index (Phi) is 5.63. The first kappa shape index (κ1) is 15.5. The Labute approximate surface area is 114 Å². The first-order valence-electron chi connectivity index (χ1n) is 6.03. The molecule has 1 aromatic rings. The van der Waals surface area contributed by atoms with Gasteiger partial charge in [0.05, 0.1) is 11.0 Å². The molecule has 0 unspecified atom stereocenters. The molecular formula is C13H20ClNO2S. The molecule has 0 aliphatic rings. The molecule has 5 heteroatoms. The van der Waals surface area contributed by atoms with Gasteiger partial charge >= 0.3 is 0 Å². The molecular weight excluding hydrogens is 270 g/mol. The fourth-order valence-electron chi connectivity index (χ4n) is 1.55. The van der Waals surface area contributed by atoms with Crippen molar-refractivity contribution in [1.29, 1.82) is 0 Å². The van der Waals surface area contributed by atoms with E-state index in [9.17, 15) is 8.42 Å². The van der Waals surface area contributed by atoms with Gasteiger partial charge in [-0.05, 0) is 38.5 Å². The summed E-state index contributed by atoms with van der Waals surface area (Å²) in [5.74, 6) is 0.162. The molecule has 0 bridgehead atoms. The normalized spacial score (nSPS) is 13.8. The third-order valence-corrected chi connectivity index (χ3v) is 5.35. The SMILES string of the molecule is CC(C)S(=O)(=O)CCN[C@@H](C)c1cccc(Cl)c1. The minimum Gasteiger partial charge on any atom is -0.309 e. The predicted octanol–water partition coefficient (Wildman–Crippen LogP) is 2.81. The molecule has 3 nitrogen and oxygen atoms in total. The van der Waals surface area contributed by atoms with Gasteiger partial charge in [0.25, 0.3) is 0 Å². The van der Waals surface area contributed by atoms with E-state index in [1.54, 1.807) is 13.8 Å². The lowest BCUT2D eigenvalue weighted by molar-refractivity contribution is 0.566. The first-order chi connectivity index (χ1) is 8.33. The second-order valence-electron chi connectivity index (χ2n) is 4.65. The average Bonchev–Trinajstić information content (AvgIpc) is 2.28. The number of sulfone groups is 1. The summed E-state index contributed by atoms with van der Waals surface area (Å²) in [4.78, 5) is 0. The van der Waals surface area contributed by atoms with Gasteiger partial charge in [0.1, 0.15) is 0 Å². The molecule has 0 heterocycles. The van der Waals surface area contributed by atoms with Crippen LogP contribution in [0.25, 0.3) is 0 Å². The van der Waals surface area contributed by atoms with Crippen LogP contribution in [0.3, 0.4) is 0 Å². The molecule has 102 valence electrons. The lowest BCUT2D eigenvalue weighted by atomic mass is 10.1. The van der Waals surface area contributed by atoms with E-state index in [1.165, 1.54) is 0 Å². The van der Waals surface area contributed by atoms with E-state index in [0.29, 0.717) is 11.6 Å². The summed E-state index contributed by atoms with van der Waals surface area (Å²) in [6.07, 6.45) is 0. The lowest BCUT2D eigenvalue weighted by Crippen LogP contribution is -2.29. The Hall–Kier alpha value is -0.580. The molecule has 0 amide bonds. The zero-order valence-electron chi connectivity index (χ0n) is 11.0. The predicted molar refractivity (Wildman–Crippen MR) is 76.8 cm³/mol. The Morgan fingerprint density at radius 3 is 2.50 bits per heavy atom. The fraction of sp³-hybridized carbons (Fsp3) is 0.538. The van der Waals surface area contributed by atoms with Gasteiger partial charge in [0.15, 0.2) is 9.84 Å². The van der Waals surface area contributed by atoms with Gasteiger partial charge in [-0.2, -0.15) is 0 Å². The van der Waals surface area contributed by atoms with Crippen LogP contribution in [-0.4, -0.2) is 26.0 Å². The van der Waals surface area contributed by atoms with E-state index >= 15 is 0 Å². The second kappa shape index (κ2) is 6.55. The van der Waals surface area contributed by atoms with Crippen molar-refractivity contribution >= 4 is 21.4 Å². The summed E-state index contributed by atoms with van der Waals surface area (Å²) in [6.45, 7) is 5.85. The van der Waals surface area contributed by atoms with Gasteiger partial charge in [0.2, 0.25) is 0 Å². The lowest BCUT2D eigenvalue weighted by Gasteiger charge is -2.15. The number of benzene rings is 1. The molecule has 1 rings (SSSR count). The number of rotatable bonds is 6. The molecule has 0 aliphatic carbocycles. The zero-order valence-corrected chi connectivity index (χ0v) is 12.6. The van der Waals surface area contributed by atoms with Gasteiger partial charge in [0, 0.05) is 17.6 Å². The van der Waals surface area contributed by atoms with Crippen LogP contribution in [0.4, 0.5) is 0 Å². The maximum absolute atomic E-state index is 11.6. The minimum atomic E-state index is -2.97. The van der Waals surface area contributed by atoms with Gasteiger partial charge < -0.3 is 5.32 Å². The number of halogens is 1. The van der Waals surface area contributed by atoms with Crippen molar-refractivity contribution in [2.24, 2.45) is 0 Å². The number of hydrogen-bond acceptors (Lipinski definition) is 3. The molecule has 0 aliphatic heterocycles. The van der Waals surface area contributed by atoms with Crippen molar-refractivity contribution in [3.05, 3.63) is 34.9 Å². The molecule has 0 aromatic heterocycles. The highest BCUT2D eigenvalue weighted by Crippen LogP contribution is 2.17. The summed E-state index contributed by atoms with van der Waals surface area (Å²) in [6, 6.07) is 7.66. The zero-order chi connectivity index (χ0) is 13.8. The van der Waals surface area contributed by atoms with Gasteiger partial charge in [-0.25, -0.2) is 8.42 Å². The minimum absolute atomic E-state index is 0.0889. The van der Waals surface area contributed by atoms with Crippen molar-refractivity contribution in [1.82, 2.24) is 5.32 Å². The topological polar surface area (TPSA) is 46.2 Å². The monoisotopic (exact) mass is 289 g/mol.